The molecule has 0 atom stereocenters. The normalized spacial score (nSPS) is 11.4. The van der Waals surface area contributed by atoms with Crippen molar-refractivity contribution in [1.29, 1.82) is 0 Å². The van der Waals surface area contributed by atoms with Crippen LogP contribution in [-0.2, 0) is 0 Å². The van der Waals surface area contributed by atoms with Gasteiger partial charge in [0.15, 0.2) is 0 Å². The molecule has 2 aromatic heterocycles. The van der Waals surface area contributed by atoms with E-state index in [0.29, 0.717) is 10.2 Å². The second kappa shape index (κ2) is 7.92. The summed E-state index contributed by atoms with van der Waals surface area (Å²) in [6, 6.07) is 15.8. The van der Waals surface area contributed by atoms with Crippen LogP contribution in [0.15, 0.2) is 53.9 Å². The minimum atomic E-state index is 0.548. The number of aryl methyl sites for hydroxylation is 2. The molecule has 0 unspecified atom stereocenters. The number of thiazole rings is 1. The summed E-state index contributed by atoms with van der Waals surface area (Å²) in [6.45, 7) is 4.01. The lowest BCUT2D eigenvalue weighted by molar-refractivity contribution is 0.863. The maximum absolute atomic E-state index is 6.59. The molecular weight excluding hydrogens is 409 g/mol. The summed E-state index contributed by atoms with van der Waals surface area (Å²) >= 11 is 14.3. The zero-order valence-corrected chi connectivity index (χ0v) is 17.7. The van der Waals surface area contributed by atoms with Crippen molar-refractivity contribution < 1.29 is 0 Å². The second-order valence-electron chi connectivity index (χ2n) is 6.45. The van der Waals surface area contributed by atoms with Crippen molar-refractivity contribution in [3.8, 4) is 16.9 Å². The van der Waals surface area contributed by atoms with Gasteiger partial charge in [-0.1, -0.05) is 59.1 Å². The minimum Gasteiger partial charge on any atom is -0.237 e. The summed E-state index contributed by atoms with van der Waals surface area (Å²) in [7, 11) is 0. The molecule has 140 valence electrons. The molecule has 3 nitrogen and oxygen atoms in total. The highest BCUT2D eigenvalue weighted by Gasteiger charge is 2.13. The topological polar surface area (TPSA) is 30.7 Å². The molecule has 2 aromatic carbocycles. The van der Waals surface area contributed by atoms with E-state index in [4.69, 9.17) is 28.2 Å². The third-order valence-electron chi connectivity index (χ3n) is 4.36. The van der Waals surface area contributed by atoms with Crippen LogP contribution in [0.4, 0.5) is 0 Å². The van der Waals surface area contributed by atoms with Gasteiger partial charge in [0.25, 0.3) is 0 Å². The summed E-state index contributed by atoms with van der Waals surface area (Å²) in [6.07, 6.45) is 3.93. The number of halogens is 2. The Labute approximate surface area is 177 Å². The van der Waals surface area contributed by atoms with E-state index in [1.165, 1.54) is 5.56 Å². The molecule has 0 amide bonds. The number of benzene rings is 2. The highest BCUT2D eigenvalue weighted by Crippen LogP contribution is 2.28. The Kier molecular flexibility index (Phi) is 5.36. The number of aromatic nitrogens is 3. The fraction of sp³-hybridized carbons (Fsp3) is 0.0909. The van der Waals surface area contributed by atoms with Gasteiger partial charge < -0.3 is 0 Å². The van der Waals surface area contributed by atoms with Crippen LogP contribution in [-0.4, -0.2) is 14.8 Å². The van der Waals surface area contributed by atoms with E-state index in [2.05, 4.69) is 41.7 Å². The molecular formula is C22H17Cl2N3S. The number of nitrogens with zero attached hydrogens (tertiary/aromatic N) is 3. The van der Waals surface area contributed by atoms with Crippen molar-refractivity contribution >= 4 is 46.7 Å². The lowest BCUT2D eigenvalue weighted by Gasteiger charge is -2.03. The Morgan fingerprint density at radius 3 is 2.54 bits per heavy atom. The molecule has 28 heavy (non-hydrogen) atoms. The molecule has 0 saturated carbocycles. The number of hydrogen-bond acceptors (Lipinski definition) is 3. The fourth-order valence-electron chi connectivity index (χ4n) is 2.86. The number of hydrogen-bond donors (Lipinski definition) is 0. The Morgan fingerprint density at radius 1 is 1.00 bits per heavy atom. The zero-order chi connectivity index (χ0) is 19.7. The fourth-order valence-corrected chi connectivity index (χ4v) is 4.09. The first-order chi connectivity index (χ1) is 13.5. The number of rotatable bonds is 4. The van der Waals surface area contributed by atoms with Crippen LogP contribution in [0.3, 0.4) is 0 Å². The van der Waals surface area contributed by atoms with E-state index in [1.54, 1.807) is 16.0 Å². The van der Waals surface area contributed by atoms with Gasteiger partial charge in [0.05, 0.1) is 17.1 Å². The standard InChI is InChI=1S/C22H17Cl2N3S/c1-14-6-8-16(9-7-14)20-13-28-21(25-20)11-10-19-15(2)26-27(22(19)24)18-5-3-4-17(23)12-18/h3-13H,1-2H3. The second-order valence-corrected chi connectivity index (χ2v) is 8.14. The predicted octanol–water partition coefficient (Wildman–Crippen LogP) is 7.09. The van der Waals surface area contributed by atoms with Gasteiger partial charge in [0, 0.05) is 21.5 Å². The SMILES string of the molecule is Cc1ccc(-c2csc(C=Cc3c(C)nn(-c4cccc(Cl)c4)c3Cl)n2)cc1. The lowest BCUT2D eigenvalue weighted by Crippen LogP contribution is -1.96. The lowest BCUT2D eigenvalue weighted by atomic mass is 10.1. The van der Waals surface area contributed by atoms with E-state index in [-0.39, 0.29) is 0 Å². The first-order valence-electron chi connectivity index (χ1n) is 8.73. The van der Waals surface area contributed by atoms with Crippen LogP contribution in [0.2, 0.25) is 10.2 Å². The first kappa shape index (κ1) is 18.9. The van der Waals surface area contributed by atoms with Crippen molar-refractivity contribution in [2.45, 2.75) is 13.8 Å². The van der Waals surface area contributed by atoms with E-state index in [9.17, 15) is 0 Å². The minimum absolute atomic E-state index is 0.548. The van der Waals surface area contributed by atoms with Gasteiger partial charge in [-0.15, -0.1) is 11.3 Å². The molecule has 0 N–H and O–H groups in total. The molecule has 4 rings (SSSR count). The van der Waals surface area contributed by atoms with Gasteiger partial charge in [-0.3, -0.25) is 0 Å². The quantitative estimate of drug-likeness (QED) is 0.349. The summed E-state index contributed by atoms with van der Waals surface area (Å²) < 4.78 is 1.70. The van der Waals surface area contributed by atoms with E-state index in [0.717, 1.165) is 33.2 Å². The van der Waals surface area contributed by atoms with Gasteiger partial charge in [0.2, 0.25) is 0 Å². The third kappa shape index (κ3) is 3.90. The summed E-state index contributed by atoms with van der Waals surface area (Å²) in [5, 5.41) is 8.73. The first-order valence-corrected chi connectivity index (χ1v) is 10.4. The van der Waals surface area contributed by atoms with Crippen molar-refractivity contribution in [2.24, 2.45) is 0 Å². The maximum atomic E-state index is 6.59. The summed E-state index contributed by atoms with van der Waals surface area (Å²) in [5.41, 5.74) is 5.87. The molecule has 0 bridgehead atoms. The zero-order valence-electron chi connectivity index (χ0n) is 15.4. The molecule has 0 spiro atoms. The smallest absolute Gasteiger partial charge is 0.140 e. The predicted molar refractivity (Wildman–Crippen MR) is 120 cm³/mol. The van der Waals surface area contributed by atoms with Crippen molar-refractivity contribution in [2.75, 3.05) is 0 Å². The van der Waals surface area contributed by atoms with E-state index in [1.807, 2.05) is 43.3 Å². The Hall–Kier alpha value is -2.40. The van der Waals surface area contributed by atoms with Gasteiger partial charge in [-0.25, -0.2) is 9.67 Å². The average Bonchev–Trinajstić information content (AvgIpc) is 3.26. The van der Waals surface area contributed by atoms with Crippen LogP contribution >= 0.6 is 34.5 Å². The van der Waals surface area contributed by atoms with Crippen LogP contribution in [0, 0.1) is 13.8 Å². The van der Waals surface area contributed by atoms with Crippen LogP contribution in [0.25, 0.3) is 29.1 Å². The molecule has 0 saturated heterocycles. The van der Waals surface area contributed by atoms with Crippen LogP contribution < -0.4 is 0 Å². The molecule has 0 radical (unpaired) electrons. The molecule has 6 heteroatoms. The van der Waals surface area contributed by atoms with Gasteiger partial charge in [-0.2, -0.15) is 5.10 Å². The van der Waals surface area contributed by atoms with Gasteiger partial charge >= 0.3 is 0 Å². The highest BCUT2D eigenvalue weighted by molar-refractivity contribution is 7.10. The summed E-state index contributed by atoms with van der Waals surface area (Å²) in [4.78, 5) is 4.71. The molecule has 0 aliphatic carbocycles. The van der Waals surface area contributed by atoms with E-state index >= 15 is 0 Å². The van der Waals surface area contributed by atoms with Crippen molar-refractivity contribution in [3.63, 3.8) is 0 Å². The van der Waals surface area contributed by atoms with Crippen molar-refractivity contribution in [3.05, 3.63) is 85.9 Å². The van der Waals surface area contributed by atoms with Crippen LogP contribution in [0.5, 0.6) is 0 Å². The molecule has 2 heterocycles. The Bertz CT molecular complexity index is 1160. The molecule has 0 aliphatic heterocycles. The molecule has 4 aromatic rings. The van der Waals surface area contributed by atoms with Gasteiger partial charge in [-0.05, 0) is 44.2 Å². The highest BCUT2D eigenvalue weighted by atomic mass is 35.5. The molecule has 0 aliphatic rings. The summed E-state index contributed by atoms with van der Waals surface area (Å²) in [5.74, 6) is 0. The Morgan fingerprint density at radius 2 is 1.79 bits per heavy atom. The monoisotopic (exact) mass is 425 g/mol. The van der Waals surface area contributed by atoms with Crippen molar-refractivity contribution in [1.82, 2.24) is 14.8 Å². The molecule has 0 fully saturated rings. The van der Waals surface area contributed by atoms with E-state index < -0.39 is 0 Å². The Balaban J connectivity index is 1.61. The van der Waals surface area contributed by atoms with Crippen LogP contribution in [0.1, 0.15) is 21.8 Å². The third-order valence-corrected chi connectivity index (χ3v) is 5.77. The largest absolute Gasteiger partial charge is 0.237 e. The maximum Gasteiger partial charge on any atom is 0.140 e. The van der Waals surface area contributed by atoms with Gasteiger partial charge in [0.1, 0.15) is 10.2 Å². The average molecular weight is 426 g/mol.